The molecule has 6 nitrogen and oxygen atoms in total. The summed E-state index contributed by atoms with van der Waals surface area (Å²) in [4.78, 5) is 12.6. The van der Waals surface area contributed by atoms with Crippen molar-refractivity contribution >= 4 is 132 Å². The molecule has 102 heavy (non-hydrogen) atoms. The summed E-state index contributed by atoms with van der Waals surface area (Å²) in [7, 11) is 0. The van der Waals surface area contributed by atoms with Crippen LogP contribution in [0.4, 0.5) is 85.3 Å². The van der Waals surface area contributed by atoms with Gasteiger partial charge in [-0.15, -0.1) is 0 Å². The molecule has 0 aliphatic carbocycles. The summed E-state index contributed by atoms with van der Waals surface area (Å²) in [5.41, 5.74) is 31.0. The number of fused-ring (bicyclic) bond motifs is 8. The first kappa shape index (κ1) is 60.4. The molecule has 482 valence electrons. The van der Waals surface area contributed by atoms with E-state index in [4.69, 9.17) is 4.74 Å². The third kappa shape index (κ3) is 10.0. The second kappa shape index (κ2) is 24.6. The van der Waals surface area contributed by atoms with Crippen LogP contribution in [0.5, 0.6) is 11.5 Å². The molecule has 8 heteroatoms. The Labute approximate surface area is 597 Å². The zero-order valence-corrected chi connectivity index (χ0v) is 56.9. The second-order valence-corrected chi connectivity index (χ2v) is 27.9. The molecule has 0 radical (unpaired) electrons. The minimum absolute atomic E-state index is 0.00535. The number of benzene rings is 15. The topological polar surface area (TPSA) is 25.4 Å². The molecule has 19 rings (SSSR count). The van der Waals surface area contributed by atoms with Crippen LogP contribution < -0.4 is 62.0 Å². The van der Waals surface area contributed by atoms with Gasteiger partial charge in [0.2, 0.25) is 0 Å². The fourth-order valence-corrected chi connectivity index (χ4v) is 16.5. The first-order chi connectivity index (χ1) is 50.3. The predicted molar refractivity (Wildman–Crippen MR) is 431 cm³/mol. The van der Waals surface area contributed by atoms with Gasteiger partial charge in [0.25, 0.3) is 13.4 Å². The number of nitrogens with zero attached hydrogens (tertiary/aromatic N) is 5. The van der Waals surface area contributed by atoms with Crippen LogP contribution in [0.3, 0.4) is 0 Å². The van der Waals surface area contributed by atoms with Gasteiger partial charge in [-0.3, -0.25) is 0 Å². The van der Waals surface area contributed by atoms with Crippen molar-refractivity contribution in [1.82, 2.24) is 0 Å². The average Bonchev–Trinajstić information content (AvgIpc) is 0.683. The monoisotopic (exact) mass is 1310 g/mol. The Morgan fingerprint density at radius 1 is 0.275 bits per heavy atom. The summed E-state index contributed by atoms with van der Waals surface area (Å²) in [5.74, 6) is 1.64. The van der Waals surface area contributed by atoms with Crippen LogP contribution in [0, 0.1) is 0 Å². The summed E-state index contributed by atoms with van der Waals surface area (Å²) >= 11 is 0. The SMILES string of the molecule is CC(C)(C)c1ccc(-c2ccccc2N(c2ccccc2)c2cc3c4c(c2)N(c2c(-c5ccccc5)cccc2-c2ccccc2)c2cc5c(cc2B4c2ccccc2O3)B2c3ccccc3N(c3ccccc3)c3cc(N(c4ccccc4)c4ccccc4)cc(c32)N5c2ccccc2)cc1. The standard InChI is InChI=1S/C94H69B2N5O/c1-94(2,3)67-56-54-66(55-57-67)75-46-25-28-51-82(75)98(70-40-19-8-20-41-70)74-60-88-92-90(61-74)102-89-53-30-27-50-79(89)96(92)81-62-80-84(63-85(81)101(88)93-76(64-32-11-4-12-33-64)47-31-48-77(93)65-34-13-5-14-35-65)100(72-44-23-10-24-45-72)87-59-73(97(68-36-15-6-16-37-68)69-38-17-7-18-39-69)58-86-91(87)95(80)78-49-26-29-52-83(78)99(86)71-42-21-9-22-43-71/h4-63H,1-3H3. The van der Waals surface area contributed by atoms with Crippen molar-refractivity contribution in [3.8, 4) is 44.9 Å². The minimum Gasteiger partial charge on any atom is -0.458 e. The molecule has 15 aromatic carbocycles. The highest BCUT2D eigenvalue weighted by Crippen LogP contribution is 2.55. The smallest absolute Gasteiger partial charge is 0.256 e. The lowest BCUT2D eigenvalue weighted by Crippen LogP contribution is -2.64. The molecule has 0 amide bonds. The van der Waals surface area contributed by atoms with E-state index in [9.17, 15) is 0 Å². The van der Waals surface area contributed by atoms with Crippen LogP contribution in [0.15, 0.2) is 364 Å². The zero-order valence-electron chi connectivity index (χ0n) is 56.9. The molecule has 0 aromatic heterocycles. The highest BCUT2D eigenvalue weighted by molar-refractivity contribution is 7.02. The number of rotatable bonds is 12. The van der Waals surface area contributed by atoms with Gasteiger partial charge in [0.1, 0.15) is 11.5 Å². The Morgan fingerprint density at radius 3 is 1.26 bits per heavy atom. The van der Waals surface area contributed by atoms with E-state index in [2.05, 4.69) is 409 Å². The molecule has 15 aromatic rings. The van der Waals surface area contributed by atoms with Gasteiger partial charge in [-0.2, -0.15) is 0 Å². The fraction of sp³-hybridized carbons (Fsp3) is 0.0426. The van der Waals surface area contributed by atoms with Gasteiger partial charge in [0.05, 0.1) is 22.7 Å². The third-order valence-electron chi connectivity index (χ3n) is 21.0. The maximum absolute atomic E-state index is 7.60. The lowest BCUT2D eigenvalue weighted by molar-refractivity contribution is 0.487. The first-order valence-corrected chi connectivity index (χ1v) is 35.4. The van der Waals surface area contributed by atoms with Crippen molar-refractivity contribution in [1.29, 1.82) is 0 Å². The van der Waals surface area contributed by atoms with Crippen molar-refractivity contribution < 1.29 is 4.74 Å². The number of para-hydroxylation sites is 9. The molecule has 4 heterocycles. The normalized spacial score (nSPS) is 12.8. The summed E-state index contributed by atoms with van der Waals surface area (Å²) < 4.78 is 7.60. The van der Waals surface area contributed by atoms with E-state index in [1.807, 2.05) is 0 Å². The van der Waals surface area contributed by atoms with E-state index in [0.29, 0.717) is 0 Å². The van der Waals surface area contributed by atoms with Gasteiger partial charge in [-0.05, 0) is 164 Å². The van der Waals surface area contributed by atoms with Crippen LogP contribution in [0.25, 0.3) is 33.4 Å². The van der Waals surface area contributed by atoms with E-state index >= 15 is 0 Å². The molecule has 0 N–H and O–H groups in total. The molecule has 0 bridgehead atoms. The molecule has 0 atom stereocenters. The summed E-state index contributed by atoms with van der Waals surface area (Å²) in [6.45, 7) is 6.36. The quantitative estimate of drug-likeness (QED) is 0.113. The Morgan fingerprint density at radius 2 is 0.696 bits per heavy atom. The lowest BCUT2D eigenvalue weighted by Gasteiger charge is -2.47. The molecule has 4 aliphatic heterocycles. The predicted octanol–water partition coefficient (Wildman–Crippen LogP) is 21.4. The van der Waals surface area contributed by atoms with Crippen molar-refractivity contribution in [2.45, 2.75) is 26.2 Å². The van der Waals surface area contributed by atoms with Crippen LogP contribution in [-0.2, 0) is 5.41 Å². The molecule has 0 fully saturated rings. The van der Waals surface area contributed by atoms with Crippen molar-refractivity contribution in [2.24, 2.45) is 0 Å². The number of ether oxygens (including phenoxy) is 1. The van der Waals surface area contributed by atoms with Crippen LogP contribution in [0.2, 0.25) is 0 Å². The highest BCUT2D eigenvalue weighted by Gasteiger charge is 2.49. The van der Waals surface area contributed by atoms with E-state index in [-0.39, 0.29) is 18.8 Å². The van der Waals surface area contributed by atoms with Crippen LogP contribution in [-0.4, -0.2) is 13.4 Å². The Bertz CT molecular complexity index is 5590. The Hall–Kier alpha value is -12.8. The summed E-state index contributed by atoms with van der Waals surface area (Å²) in [6.07, 6.45) is 0. The summed E-state index contributed by atoms with van der Waals surface area (Å²) in [6, 6.07) is 134. The van der Waals surface area contributed by atoms with E-state index in [1.165, 1.54) is 27.4 Å². The molecular weight excluding hydrogens is 1240 g/mol. The van der Waals surface area contributed by atoms with Crippen molar-refractivity contribution in [2.75, 3.05) is 24.5 Å². The molecule has 0 saturated heterocycles. The van der Waals surface area contributed by atoms with E-state index < -0.39 is 0 Å². The van der Waals surface area contributed by atoms with Gasteiger partial charge >= 0.3 is 0 Å². The first-order valence-electron chi connectivity index (χ1n) is 35.4. The van der Waals surface area contributed by atoms with Gasteiger partial charge < -0.3 is 29.2 Å². The molecule has 0 spiro atoms. The zero-order chi connectivity index (χ0) is 68.0. The largest absolute Gasteiger partial charge is 0.458 e. The molecular formula is C94H69B2N5O. The van der Waals surface area contributed by atoms with Crippen molar-refractivity contribution in [3.05, 3.63) is 370 Å². The lowest BCUT2D eigenvalue weighted by atomic mass is 9.30. The van der Waals surface area contributed by atoms with Crippen LogP contribution in [0.1, 0.15) is 26.3 Å². The third-order valence-corrected chi connectivity index (χ3v) is 21.0. The van der Waals surface area contributed by atoms with Crippen LogP contribution >= 0.6 is 0 Å². The molecule has 0 saturated carbocycles. The second-order valence-electron chi connectivity index (χ2n) is 27.9. The minimum atomic E-state index is -0.272. The van der Waals surface area contributed by atoms with Gasteiger partial charge in [-0.25, -0.2) is 0 Å². The van der Waals surface area contributed by atoms with Gasteiger partial charge in [0, 0.05) is 85.3 Å². The number of hydrogen-bond donors (Lipinski definition) is 0. The maximum atomic E-state index is 7.60. The Balaban J connectivity index is 0.944. The molecule has 4 aliphatic rings. The highest BCUT2D eigenvalue weighted by atomic mass is 16.5. The van der Waals surface area contributed by atoms with E-state index in [0.717, 1.165) is 141 Å². The van der Waals surface area contributed by atoms with Crippen molar-refractivity contribution in [3.63, 3.8) is 0 Å². The molecule has 0 unspecified atom stereocenters. The average molecular weight is 1310 g/mol. The maximum Gasteiger partial charge on any atom is 0.256 e. The fourth-order valence-electron chi connectivity index (χ4n) is 16.5. The number of anilines is 15. The summed E-state index contributed by atoms with van der Waals surface area (Å²) in [5, 5.41) is 0. The van der Waals surface area contributed by atoms with E-state index in [1.54, 1.807) is 0 Å². The van der Waals surface area contributed by atoms with Gasteiger partial charge in [-0.1, -0.05) is 276 Å². The Kier molecular flexibility index (Phi) is 14.6. The van der Waals surface area contributed by atoms with Gasteiger partial charge in [0.15, 0.2) is 0 Å². The number of hydrogen-bond acceptors (Lipinski definition) is 6.